The van der Waals surface area contributed by atoms with Crippen LogP contribution in [-0.4, -0.2) is 34.3 Å². The first-order chi connectivity index (χ1) is 14.4. The summed E-state index contributed by atoms with van der Waals surface area (Å²) in [5.41, 5.74) is 1.71. The lowest BCUT2D eigenvalue weighted by Crippen LogP contribution is -2.39. The third-order valence-corrected chi connectivity index (χ3v) is 5.31. The first-order valence-electron chi connectivity index (χ1n) is 9.97. The van der Waals surface area contributed by atoms with Crippen LogP contribution < -0.4 is 10.5 Å². The molecule has 0 fully saturated rings. The zero-order chi connectivity index (χ0) is 21.4. The van der Waals surface area contributed by atoms with Gasteiger partial charge in [0.05, 0.1) is 11.4 Å². The molecule has 30 heavy (non-hydrogen) atoms. The van der Waals surface area contributed by atoms with Gasteiger partial charge < -0.3 is 9.64 Å². The predicted molar refractivity (Wildman–Crippen MR) is 114 cm³/mol. The van der Waals surface area contributed by atoms with E-state index in [9.17, 15) is 14.4 Å². The van der Waals surface area contributed by atoms with Crippen LogP contribution in [0.5, 0.6) is 0 Å². The van der Waals surface area contributed by atoms with E-state index in [0.717, 1.165) is 17.7 Å². The molecular weight excluding hydrogens is 382 g/mol. The molecule has 1 atom stereocenters. The van der Waals surface area contributed by atoms with Gasteiger partial charge in [-0.3, -0.25) is 9.59 Å². The summed E-state index contributed by atoms with van der Waals surface area (Å²) in [4.78, 5) is 39.9. The summed E-state index contributed by atoms with van der Waals surface area (Å²) in [6.07, 6.45) is 0.765. The standard InChI is InChI=1S/C23H23N3O4/c1-14(2)26-22(28)18-10-6-5-9-17(18)21(24-26)23(29)30-13-20(27)25-15(3)12-16-8-4-7-11-19(16)25/h4-11,14-15H,12-13H2,1-3H3/t15-/m0/s1. The van der Waals surface area contributed by atoms with Crippen molar-refractivity contribution in [2.75, 3.05) is 11.5 Å². The highest BCUT2D eigenvalue weighted by Gasteiger charge is 2.31. The quantitative estimate of drug-likeness (QED) is 0.623. The summed E-state index contributed by atoms with van der Waals surface area (Å²) in [7, 11) is 0. The molecule has 0 spiro atoms. The molecule has 0 saturated carbocycles. The second-order valence-electron chi connectivity index (χ2n) is 7.76. The summed E-state index contributed by atoms with van der Waals surface area (Å²) >= 11 is 0. The highest BCUT2D eigenvalue weighted by molar-refractivity contribution is 6.04. The lowest BCUT2D eigenvalue weighted by molar-refractivity contribution is -0.122. The monoisotopic (exact) mass is 405 g/mol. The zero-order valence-corrected chi connectivity index (χ0v) is 17.2. The molecule has 1 aliphatic heterocycles. The second-order valence-corrected chi connectivity index (χ2v) is 7.76. The number of ether oxygens (including phenoxy) is 1. The van der Waals surface area contributed by atoms with E-state index in [1.807, 2.05) is 45.0 Å². The number of esters is 1. The molecule has 1 aliphatic rings. The molecule has 3 aromatic rings. The van der Waals surface area contributed by atoms with E-state index in [0.29, 0.717) is 10.8 Å². The molecule has 0 unspecified atom stereocenters. The number of hydrogen-bond donors (Lipinski definition) is 0. The highest BCUT2D eigenvalue weighted by Crippen LogP contribution is 2.31. The molecule has 4 rings (SSSR count). The second kappa shape index (κ2) is 7.74. The lowest BCUT2D eigenvalue weighted by Gasteiger charge is -2.22. The van der Waals surface area contributed by atoms with E-state index in [2.05, 4.69) is 5.10 Å². The number of aromatic nitrogens is 2. The fourth-order valence-corrected chi connectivity index (χ4v) is 3.92. The van der Waals surface area contributed by atoms with E-state index in [4.69, 9.17) is 4.74 Å². The molecule has 2 aromatic carbocycles. The van der Waals surface area contributed by atoms with Gasteiger partial charge in [0.1, 0.15) is 0 Å². The van der Waals surface area contributed by atoms with Crippen molar-refractivity contribution in [3.8, 4) is 0 Å². The number of benzene rings is 2. The minimum Gasteiger partial charge on any atom is -0.451 e. The average Bonchev–Trinajstić information content (AvgIpc) is 3.07. The van der Waals surface area contributed by atoms with Crippen LogP contribution in [0.3, 0.4) is 0 Å². The van der Waals surface area contributed by atoms with Gasteiger partial charge in [0, 0.05) is 17.1 Å². The van der Waals surface area contributed by atoms with Crippen molar-refractivity contribution < 1.29 is 14.3 Å². The summed E-state index contributed by atoms with van der Waals surface area (Å²) in [5.74, 6) is -1.02. The number of hydrogen-bond acceptors (Lipinski definition) is 5. The average molecular weight is 405 g/mol. The van der Waals surface area contributed by atoms with Gasteiger partial charge in [-0.15, -0.1) is 0 Å². The Bertz CT molecular complexity index is 1200. The predicted octanol–water partition coefficient (Wildman–Crippen LogP) is 3.11. The molecular formula is C23H23N3O4. The molecule has 0 N–H and O–H groups in total. The molecule has 1 aromatic heterocycles. The Morgan fingerprint density at radius 3 is 2.50 bits per heavy atom. The van der Waals surface area contributed by atoms with Crippen LogP contribution in [0, 0.1) is 0 Å². The maximum absolute atomic E-state index is 12.8. The van der Waals surface area contributed by atoms with Crippen LogP contribution in [0.25, 0.3) is 10.8 Å². The number of anilines is 1. The van der Waals surface area contributed by atoms with Gasteiger partial charge >= 0.3 is 5.97 Å². The van der Waals surface area contributed by atoms with Crippen molar-refractivity contribution in [1.82, 2.24) is 9.78 Å². The van der Waals surface area contributed by atoms with Crippen LogP contribution in [-0.2, 0) is 16.0 Å². The van der Waals surface area contributed by atoms with Crippen molar-refractivity contribution in [3.05, 3.63) is 70.1 Å². The normalized spacial score (nSPS) is 15.5. The summed E-state index contributed by atoms with van der Waals surface area (Å²) in [5, 5.41) is 5.03. The SMILES string of the molecule is CC(C)n1nc(C(=O)OCC(=O)N2c3ccccc3C[C@@H]2C)c2ccccc2c1=O. The molecule has 0 bridgehead atoms. The third kappa shape index (κ3) is 3.36. The summed E-state index contributed by atoms with van der Waals surface area (Å²) in [6.45, 7) is 5.20. The summed E-state index contributed by atoms with van der Waals surface area (Å²) < 4.78 is 6.60. The molecule has 0 aliphatic carbocycles. The number of amides is 1. The number of carbonyl (C=O) groups is 2. The van der Waals surface area contributed by atoms with Crippen LogP contribution in [0.2, 0.25) is 0 Å². The van der Waals surface area contributed by atoms with Gasteiger partial charge in [-0.05, 0) is 44.9 Å². The Kier molecular flexibility index (Phi) is 5.11. The first-order valence-corrected chi connectivity index (χ1v) is 9.97. The Balaban J connectivity index is 1.59. The third-order valence-electron chi connectivity index (χ3n) is 5.31. The number of rotatable bonds is 4. The first kappa shape index (κ1) is 19.8. The van der Waals surface area contributed by atoms with Crippen molar-refractivity contribution in [1.29, 1.82) is 0 Å². The molecule has 154 valence electrons. The van der Waals surface area contributed by atoms with Crippen molar-refractivity contribution in [3.63, 3.8) is 0 Å². The number of para-hydroxylation sites is 1. The van der Waals surface area contributed by atoms with E-state index in [1.54, 1.807) is 29.2 Å². The fraction of sp³-hybridized carbons (Fsp3) is 0.304. The summed E-state index contributed by atoms with van der Waals surface area (Å²) in [6, 6.07) is 14.3. The largest absolute Gasteiger partial charge is 0.451 e. The van der Waals surface area contributed by atoms with Crippen LogP contribution in [0.4, 0.5) is 5.69 Å². The minimum atomic E-state index is -0.728. The van der Waals surface area contributed by atoms with Gasteiger partial charge in [0.15, 0.2) is 12.3 Å². The number of carbonyl (C=O) groups excluding carboxylic acids is 2. The molecule has 0 radical (unpaired) electrons. The topological polar surface area (TPSA) is 81.5 Å². The van der Waals surface area contributed by atoms with E-state index < -0.39 is 12.6 Å². The number of fused-ring (bicyclic) bond motifs is 2. The van der Waals surface area contributed by atoms with Gasteiger partial charge in [0.2, 0.25) is 0 Å². The molecule has 0 saturated heterocycles. The fourth-order valence-electron chi connectivity index (χ4n) is 3.92. The molecule has 1 amide bonds. The van der Waals surface area contributed by atoms with Crippen LogP contribution in [0.1, 0.15) is 42.9 Å². The maximum atomic E-state index is 12.8. The molecule has 7 heteroatoms. The van der Waals surface area contributed by atoms with Crippen molar-refractivity contribution in [2.24, 2.45) is 0 Å². The Labute approximate surface area is 173 Å². The van der Waals surface area contributed by atoms with Gasteiger partial charge in [0.25, 0.3) is 11.5 Å². The van der Waals surface area contributed by atoms with E-state index >= 15 is 0 Å². The van der Waals surface area contributed by atoms with Gasteiger partial charge in [-0.1, -0.05) is 36.4 Å². The van der Waals surface area contributed by atoms with Crippen molar-refractivity contribution >= 4 is 28.3 Å². The van der Waals surface area contributed by atoms with E-state index in [-0.39, 0.29) is 29.2 Å². The van der Waals surface area contributed by atoms with Gasteiger partial charge in [-0.25, -0.2) is 9.48 Å². The lowest BCUT2D eigenvalue weighted by atomic mass is 10.1. The van der Waals surface area contributed by atoms with Crippen molar-refractivity contribution in [2.45, 2.75) is 39.3 Å². The zero-order valence-electron chi connectivity index (χ0n) is 17.2. The highest BCUT2D eigenvalue weighted by atomic mass is 16.5. The Hall–Kier alpha value is -3.48. The van der Waals surface area contributed by atoms with E-state index in [1.165, 1.54) is 4.68 Å². The maximum Gasteiger partial charge on any atom is 0.359 e. The minimum absolute atomic E-state index is 0.00426. The van der Waals surface area contributed by atoms with Gasteiger partial charge in [-0.2, -0.15) is 5.10 Å². The smallest absolute Gasteiger partial charge is 0.359 e. The van der Waals surface area contributed by atoms with Crippen LogP contribution in [0.15, 0.2) is 53.3 Å². The molecule has 7 nitrogen and oxygen atoms in total. The van der Waals surface area contributed by atoms with Crippen LogP contribution >= 0.6 is 0 Å². The Morgan fingerprint density at radius 2 is 1.77 bits per heavy atom. The molecule has 2 heterocycles. The number of nitrogens with zero attached hydrogens (tertiary/aromatic N) is 3. The Morgan fingerprint density at radius 1 is 1.10 bits per heavy atom.